The largest absolute Gasteiger partial charge is 0.476 e. The molecule has 0 atom stereocenters. The van der Waals surface area contributed by atoms with E-state index in [-0.39, 0.29) is 12.3 Å². The summed E-state index contributed by atoms with van der Waals surface area (Å²) >= 11 is 1.37. The second-order valence-corrected chi connectivity index (χ2v) is 4.14. The van der Waals surface area contributed by atoms with Gasteiger partial charge in [0.05, 0.1) is 12.3 Å². The van der Waals surface area contributed by atoms with Crippen molar-refractivity contribution in [3.63, 3.8) is 0 Å². The number of aromatic nitrogens is 4. The molecule has 2 rings (SSSR count). The maximum Gasteiger partial charge on any atom is 0.358 e. The van der Waals surface area contributed by atoms with E-state index in [1.54, 1.807) is 0 Å². The second-order valence-electron chi connectivity index (χ2n) is 3.31. The molecule has 0 aliphatic rings. The van der Waals surface area contributed by atoms with Gasteiger partial charge in [-0.1, -0.05) is 5.21 Å². The normalized spacial score (nSPS) is 10.7. The second kappa shape index (κ2) is 4.60. The molecule has 17 heavy (non-hydrogen) atoms. The van der Waals surface area contributed by atoms with E-state index in [1.165, 1.54) is 23.1 Å². The minimum Gasteiger partial charge on any atom is -0.476 e. The van der Waals surface area contributed by atoms with Crippen LogP contribution >= 0.6 is 11.3 Å². The number of carbonyl (C=O) groups is 1. The summed E-state index contributed by atoms with van der Waals surface area (Å²) in [4.78, 5) is 15.2. The van der Waals surface area contributed by atoms with Crippen LogP contribution in [0.25, 0.3) is 5.13 Å². The Labute approximate surface area is 101 Å². The van der Waals surface area contributed by atoms with Gasteiger partial charge in [0.15, 0.2) is 5.69 Å². The van der Waals surface area contributed by atoms with Crippen molar-refractivity contribution in [1.29, 1.82) is 0 Å². The molecule has 0 amide bonds. The van der Waals surface area contributed by atoms with Gasteiger partial charge >= 0.3 is 5.97 Å². The Bertz CT molecular complexity index is 548. The lowest BCUT2D eigenvalue weighted by Gasteiger charge is -2.01. The summed E-state index contributed by atoms with van der Waals surface area (Å²) in [7, 11) is 1.48. The Morgan fingerprint density at radius 3 is 2.94 bits per heavy atom. The summed E-state index contributed by atoms with van der Waals surface area (Å²) in [6.07, 6.45) is 0. The number of hydrogen-bond acceptors (Lipinski definition) is 6. The molecule has 0 aromatic carbocycles. The van der Waals surface area contributed by atoms with Gasteiger partial charge in [-0.25, -0.2) is 9.78 Å². The topological polar surface area (TPSA) is 90.1 Å². The molecule has 0 unspecified atom stereocenters. The number of hydrogen-bond donors (Lipinski definition) is 1. The average molecular weight is 254 g/mol. The van der Waals surface area contributed by atoms with Crippen LogP contribution in [0.15, 0.2) is 5.38 Å². The minimum atomic E-state index is -1.13. The first-order valence-electron chi connectivity index (χ1n) is 4.72. The Kier molecular flexibility index (Phi) is 3.16. The minimum absolute atomic E-state index is 0.111. The molecule has 0 bridgehead atoms. The average Bonchev–Trinajstić information content (AvgIpc) is 2.85. The van der Waals surface area contributed by atoms with E-state index >= 15 is 0 Å². The maximum atomic E-state index is 11.0. The van der Waals surface area contributed by atoms with E-state index in [9.17, 15) is 4.79 Å². The number of ether oxygens (including phenoxy) is 1. The molecule has 0 fully saturated rings. The van der Waals surface area contributed by atoms with Crippen molar-refractivity contribution in [2.45, 2.75) is 13.5 Å². The molecule has 0 radical (unpaired) electrons. The standard InChI is InChI=1S/C9H10N4O3S/c1-5-4-17-9(10-5)13-6(3-16-2)7(8(14)15)11-12-13/h4H,3H2,1-2H3,(H,14,15). The van der Waals surface area contributed by atoms with Crippen LogP contribution in [-0.4, -0.2) is 38.2 Å². The molecule has 1 N–H and O–H groups in total. The Morgan fingerprint density at radius 1 is 1.65 bits per heavy atom. The number of carboxylic acids is 1. The van der Waals surface area contributed by atoms with Crippen molar-refractivity contribution in [2.75, 3.05) is 7.11 Å². The summed E-state index contributed by atoms with van der Waals surface area (Å²) in [6.45, 7) is 1.97. The molecule has 2 heterocycles. The van der Waals surface area contributed by atoms with Crippen LogP contribution in [-0.2, 0) is 11.3 Å². The summed E-state index contributed by atoms with van der Waals surface area (Å²) in [5, 5.41) is 18.8. The van der Waals surface area contributed by atoms with Crippen LogP contribution in [0.5, 0.6) is 0 Å². The lowest BCUT2D eigenvalue weighted by molar-refractivity contribution is 0.0685. The van der Waals surface area contributed by atoms with Gasteiger partial charge in [-0.2, -0.15) is 4.68 Å². The van der Waals surface area contributed by atoms with E-state index in [4.69, 9.17) is 9.84 Å². The molecule has 0 aliphatic heterocycles. The predicted octanol–water partition coefficient (Wildman–Crippen LogP) is 0.877. The Hall–Kier alpha value is -1.80. The zero-order chi connectivity index (χ0) is 12.4. The third-order valence-corrected chi connectivity index (χ3v) is 2.97. The van der Waals surface area contributed by atoms with E-state index in [0.29, 0.717) is 10.8 Å². The lowest BCUT2D eigenvalue weighted by atomic mass is 10.3. The molecule has 0 saturated carbocycles. The maximum absolute atomic E-state index is 11.0. The van der Waals surface area contributed by atoms with E-state index in [0.717, 1.165) is 5.69 Å². The quantitative estimate of drug-likeness (QED) is 0.870. The summed E-state index contributed by atoms with van der Waals surface area (Å²) in [5.41, 5.74) is 1.12. The number of carboxylic acid groups (broad SMARTS) is 1. The Balaban J connectivity index is 2.50. The first-order valence-corrected chi connectivity index (χ1v) is 5.60. The van der Waals surface area contributed by atoms with E-state index < -0.39 is 5.97 Å². The highest BCUT2D eigenvalue weighted by atomic mass is 32.1. The van der Waals surface area contributed by atoms with Crippen LogP contribution in [0, 0.1) is 6.92 Å². The van der Waals surface area contributed by atoms with Crippen molar-refractivity contribution >= 4 is 17.3 Å². The van der Waals surface area contributed by atoms with Crippen LogP contribution in [0.1, 0.15) is 21.9 Å². The van der Waals surface area contributed by atoms with Gasteiger partial charge in [-0.05, 0) is 6.92 Å². The van der Waals surface area contributed by atoms with Gasteiger partial charge in [-0.3, -0.25) is 0 Å². The van der Waals surface area contributed by atoms with Crippen molar-refractivity contribution in [3.8, 4) is 5.13 Å². The van der Waals surface area contributed by atoms with Gasteiger partial charge in [0.2, 0.25) is 5.13 Å². The predicted molar refractivity (Wildman–Crippen MR) is 59.4 cm³/mol. The molecule has 90 valence electrons. The third-order valence-electron chi connectivity index (χ3n) is 2.03. The number of methoxy groups -OCH3 is 1. The third kappa shape index (κ3) is 2.17. The van der Waals surface area contributed by atoms with Crippen LogP contribution in [0.2, 0.25) is 0 Å². The first kappa shape index (κ1) is 11.7. The molecule has 0 aliphatic carbocycles. The molecule has 8 heteroatoms. The van der Waals surface area contributed by atoms with E-state index in [1.807, 2.05) is 12.3 Å². The number of aromatic carboxylic acids is 1. The smallest absolute Gasteiger partial charge is 0.358 e. The van der Waals surface area contributed by atoms with Crippen LogP contribution < -0.4 is 0 Å². The lowest BCUT2D eigenvalue weighted by Crippen LogP contribution is -2.07. The van der Waals surface area contributed by atoms with Crippen molar-refractivity contribution in [3.05, 3.63) is 22.5 Å². The summed E-state index contributed by atoms with van der Waals surface area (Å²) in [6, 6.07) is 0. The first-order chi connectivity index (χ1) is 8.13. The number of aryl methyl sites for hydroxylation is 1. The summed E-state index contributed by atoms with van der Waals surface area (Å²) in [5.74, 6) is -1.13. The number of thiazole rings is 1. The van der Waals surface area contributed by atoms with Crippen molar-refractivity contribution < 1.29 is 14.6 Å². The summed E-state index contributed by atoms with van der Waals surface area (Å²) < 4.78 is 6.35. The number of nitrogens with zero attached hydrogens (tertiary/aromatic N) is 4. The van der Waals surface area contributed by atoms with Crippen molar-refractivity contribution in [2.24, 2.45) is 0 Å². The van der Waals surface area contributed by atoms with Gasteiger partial charge in [0.1, 0.15) is 5.69 Å². The fourth-order valence-corrected chi connectivity index (χ4v) is 2.10. The molecular formula is C9H10N4O3S. The highest BCUT2D eigenvalue weighted by molar-refractivity contribution is 7.12. The van der Waals surface area contributed by atoms with Crippen LogP contribution in [0.4, 0.5) is 0 Å². The Morgan fingerprint density at radius 2 is 2.41 bits per heavy atom. The zero-order valence-electron chi connectivity index (χ0n) is 9.25. The molecule has 2 aromatic rings. The fourth-order valence-electron chi connectivity index (χ4n) is 1.33. The van der Waals surface area contributed by atoms with Gasteiger partial charge in [-0.15, -0.1) is 16.4 Å². The molecule has 0 saturated heterocycles. The molecule has 0 spiro atoms. The zero-order valence-corrected chi connectivity index (χ0v) is 10.1. The number of rotatable bonds is 4. The van der Waals surface area contributed by atoms with Gasteiger partial charge < -0.3 is 9.84 Å². The monoisotopic (exact) mass is 254 g/mol. The molecule has 7 nitrogen and oxygen atoms in total. The highest BCUT2D eigenvalue weighted by Crippen LogP contribution is 2.17. The van der Waals surface area contributed by atoms with Gasteiger partial charge in [0.25, 0.3) is 0 Å². The highest BCUT2D eigenvalue weighted by Gasteiger charge is 2.20. The van der Waals surface area contributed by atoms with Crippen LogP contribution in [0.3, 0.4) is 0 Å². The fraction of sp³-hybridized carbons (Fsp3) is 0.333. The SMILES string of the molecule is COCc1c(C(=O)O)nnn1-c1nc(C)cs1. The van der Waals surface area contributed by atoms with E-state index in [2.05, 4.69) is 15.3 Å². The van der Waals surface area contributed by atoms with Crippen molar-refractivity contribution in [1.82, 2.24) is 20.0 Å². The molecular weight excluding hydrogens is 244 g/mol. The molecule has 2 aromatic heterocycles. The van der Waals surface area contributed by atoms with Gasteiger partial charge in [0, 0.05) is 12.5 Å².